The third-order valence-electron chi connectivity index (χ3n) is 4.07. The molecule has 2 heterocycles. The maximum atomic E-state index is 12.7. The number of hydrogen-bond donors (Lipinski definition) is 0. The molecule has 0 N–H and O–H groups in total. The summed E-state index contributed by atoms with van der Waals surface area (Å²) in [7, 11) is 0. The molecular formula is C16H19ClN2O4. The van der Waals surface area contributed by atoms with E-state index in [0.29, 0.717) is 61.5 Å². The zero-order valence-corrected chi connectivity index (χ0v) is 13.8. The lowest BCUT2D eigenvalue weighted by Gasteiger charge is -2.23. The van der Waals surface area contributed by atoms with Crippen molar-refractivity contribution in [2.24, 2.45) is 0 Å². The molecule has 23 heavy (non-hydrogen) atoms. The van der Waals surface area contributed by atoms with Crippen molar-refractivity contribution in [3.05, 3.63) is 22.7 Å². The van der Waals surface area contributed by atoms with Crippen molar-refractivity contribution in [3.8, 4) is 11.5 Å². The lowest BCUT2D eigenvalue weighted by atomic mass is 10.1. The first-order valence-electron chi connectivity index (χ1n) is 7.70. The van der Waals surface area contributed by atoms with Crippen molar-refractivity contribution >= 4 is 23.4 Å². The van der Waals surface area contributed by atoms with E-state index in [1.165, 1.54) is 0 Å². The van der Waals surface area contributed by atoms with Gasteiger partial charge in [-0.3, -0.25) is 9.59 Å². The summed E-state index contributed by atoms with van der Waals surface area (Å²) in [5, 5.41) is 0.380. The van der Waals surface area contributed by atoms with Gasteiger partial charge >= 0.3 is 0 Å². The molecule has 0 saturated carbocycles. The van der Waals surface area contributed by atoms with Crippen molar-refractivity contribution in [3.63, 3.8) is 0 Å². The van der Waals surface area contributed by atoms with Gasteiger partial charge in [0.25, 0.3) is 5.91 Å². The Labute approximate surface area is 139 Å². The zero-order valence-electron chi connectivity index (χ0n) is 13.0. The molecule has 0 unspecified atom stereocenters. The standard InChI is InChI=1S/C16H19ClN2O4/c1-11(20)18-3-2-4-19(6-5-18)16(21)12-9-13(17)15-14(10-12)22-7-8-23-15/h9-10H,2-8H2,1H3. The van der Waals surface area contributed by atoms with Crippen LogP contribution in [0.5, 0.6) is 11.5 Å². The predicted octanol–water partition coefficient (Wildman–Crippen LogP) is 1.81. The lowest BCUT2D eigenvalue weighted by Crippen LogP contribution is -2.36. The van der Waals surface area contributed by atoms with Gasteiger partial charge < -0.3 is 19.3 Å². The molecule has 2 aliphatic heterocycles. The van der Waals surface area contributed by atoms with E-state index in [2.05, 4.69) is 0 Å². The summed E-state index contributed by atoms with van der Waals surface area (Å²) in [5.74, 6) is 0.941. The largest absolute Gasteiger partial charge is 0.486 e. The van der Waals surface area contributed by atoms with Gasteiger partial charge in [0.2, 0.25) is 5.91 Å². The van der Waals surface area contributed by atoms with Crippen LogP contribution < -0.4 is 9.47 Å². The van der Waals surface area contributed by atoms with Crippen molar-refractivity contribution in [2.75, 3.05) is 39.4 Å². The van der Waals surface area contributed by atoms with Gasteiger partial charge in [0, 0.05) is 38.7 Å². The minimum absolute atomic E-state index is 0.0432. The van der Waals surface area contributed by atoms with Crippen LogP contribution in [-0.2, 0) is 4.79 Å². The summed E-state index contributed by atoms with van der Waals surface area (Å²) in [6.45, 7) is 4.82. The molecule has 0 spiro atoms. The summed E-state index contributed by atoms with van der Waals surface area (Å²) < 4.78 is 11.0. The molecule has 1 aromatic carbocycles. The maximum absolute atomic E-state index is 12.7. The number of fused-ring (bicyclic) bond motifs is 1. The van der Waals surface area contributed by atoms with E-state index in [1.54, 1.807) is 28.9 Å². The summed E-state index contributed by atoms with van der Waals surface area (Å²) in [4.78, 5) is 27.7. The van der Waals surface area contributed by atoms with Crippen LogP contribution in [0.25, 0.3) is 0 Å². The molecule has 0 radical (unpaired) electrons. The molecule has 0 atom stereocenters. The van der Waals surface area contributed by atoms with E-state index < -0.39 is 0 Å². The van der Waals surface area contributed by atoms with Crippen LogP contribution >= 0.6 is 11.6 Å². The first-order valence-corrected chi connectivity index (χ1v) is 8.08. The molecule has 7 heteroatoms. The molecule has 6 nitrogen and oxygen atoms in total. The van der Waals surface area contributed by atoms with E-state index in [9.17, 15) is 9.59 Å². The first kappa shape index (κ1) is 15.9. The summed E-state index contributed by atoms with van der Waals surface area (Å²) >= 11 is 6.20. The van der Waals surface area contributed by atoms with Crippen molar-refractivity contribution < 1.29 is 19.1 Å². The van der Waals surface area contributed by atoms with E-state index in [0.717, 1.165) is 6.42 Å². The second-order valence-electron chi connectivity index (χ2n) is 5.63. The van der Waals surface area contributed by atoms with Gasteiger partial charge in [0.05, 0.1) is 5.02 Å². The number of ether oxygens (including phenoxy) is 2. The summed E-state index contributed by atoms with van der Waals surface area (Å²) in [5.41, 5.74) is 0.482. The Balaban J connectivity index is 1.78. The van der Waals surface area contributed by atoms with E-state index in [1.807, 2.05) is 0 Å². The van der Waals surface area contributed by atoms with Crippen LogP contribution in [0.15, 0.2) is 12.1 Å². The van der Waals surface area contributed by atoms with Gasteiger partial charge in [-0.2, -0.15) is 0 Å². The number of rotatable bonds is 1. The van der Waals surface area contributed by atoms with Crippen molar-refractivity contribution in [1.29, 1.82) is 0 Å². The predicted molar refractivity (Wildman–Crippen MR) is 85.2 cm³/mol. The molecular weight excluding hydrogens is 320 g/mol. The third-order valence-corrected chi connectivity index (χ3v) is 4.35. The normalized spacial score (nSPS) is 17.7. The minimum atomic E-state index is -0.103. The summed E-state index contributed by atoms with van der Waals surface area (Å²) in [6, 6.07) is 3.29. The smallest absolute Gasteiger partial charge is 0.254 e. The van der Waals surface area contributed by atoms with E-state index in [4.69, 9.17) is 21.1 Å². The number of amides is 2. The molecule has 124 valence electrons. The van der Waals surface area contributed by atoms with Crippen molar-refractivity contribution in [1.82, 2.24) is 9.80 Å². The fourth-order valence-electron chi connectivity index (χ4n) is 2.85. The number of nitrogens with zero attached hydrogens (tertiary/aromatic N) is 2. The number of carbonyl (C=O) groups excluding carboxylic acids is 2. The minimum Gasteiger partial charge on any atom is -0.486 e. The Morgan fingerprint density at radius 3 is 2.52 bits per heavy atom. The lowest BCUT2D eigenvalue weighted by molar-refractivity contribution is -0.128. The number of halogens is 1. The van der Waals surface area contributed by atoms with Gasteiger partial charge in [-0.1, -0.05) is 11.6 Å². The van der Waals surface area contributed by atoms with Gasteiger partial charge in [0.1, 0.15) is 13.2 Å². The van der Waals surface area contributed by atoms with Gasteiger partial charge in [-0.25, -0.2) is 0 Å². The van der Waals surface area contributed by atoms with Gasteiger partial charge in [-0.05, 0) is 18.6 Å². The third kappa shape index (κ3) is 3.37. The molecule has 3 rings (SSSR count). The highest BCUT2D eigenvalue weighted by Gasteiger charge is 2.24. The second kappa shape index (κ2) is 6.66. The maximum Gasteiger partial charge on any atom is 0.254 e. The summed E-state index contributed by atoms with van der Waals surface area (Å²) in [6.07, 6.45) is 0.767. The average Bonchev–Trinajstić information content (AvgIpc) is 2.80. The van der Waals surface area contributed by atoms with E-state index in [-0.39, 0.29) is 11.8 Å². The zero-order chi connectivity index (χ0) is 16.4. The van der Waals surface area contributed by atoms with Crippen LogP contribution in [-0.4, -0.2) is 61.0 Å². The molecule has 0 bridgehead atoms. The van der Waals surface area contributed by atoms with Crippen LogP contribution in [0, 0.1) is 0 Å². The van der Waals surface area contributed by atoms with Crippen LogP contribution in [0.2, 0.25) is 5.02 Å². The Morgan fingerprint density at radius 1 is 1.04 bits per heavy atom. The monoisotopic (exact) mass is 338 g/mol. The number of carbonyl (C=O) groups is 2. The Hall–Kier alpha value is -1.95. The molecule has 2 aliphatic rings. The van der Waals surface area contributed by atoms with Crippen molar-refractivity contribution in [2.45, 2.75) is 13.3 Å². The number of benzene rings is 1. The second-order valence-corrected chi connectivity index (χ2v) is 6.04. The molecule has 0 aromatic heterocycles. The van der Waals surface area contributed by atoms with Crippen LogP contribution in [0.4, 0.5) is 0 Å². The Morgan fingerprint density at radius 2 is 1.74 bits per heavy atom. The fraction of sp³-hybridized carbons (Fsp3) is 0.500. The molecule has 1 saturated heterocycles. The SMILES string of the molecule is CC(=O)N1CCCN(C(=O)c2cc(Cl)c3c(c2)OCCO3)CC1. The van der Waals surface area contributed by atoms with Crippen LogP contribution in [0.3, 0.4) is 0 Å². The molecule has 1 aromatic rings. The highest BCUT2D eigenvalue weighted by atomic mass is 35.5. The molecule has 2 amide bonds. The van der Waals surface area contributed by atoms with Gasteiger partial charge in [-0.15, -0.1) is 0 Å². The molecule has 1 fully saturated rings. The Kier molecular flexibility index (Phi) is 4.61. The quantitative estimate of drug-likeness (QED) is 0.783. The average molecular weight is 339 g/mol. The van der Waals surface area contributed by atoms with Crippen LogP contribution in [0.1, 0.15) is 23.7 Å². The highest BCUT2D eigenvalue weighted by molar-refractivity contribution is 6.32. The molecule has 0 aliphatic carbocycles. The number of hydrogen-bond acceptors (Lipinski definition) is 4. The fourth-order valence-corrected chi connectivity index (χ4v) is 3.12. The first-order chi connectivity index (χ1) is 11.1. The Bertz CT molecular complexity index is 635. The van der Waals surface area contributed by atoms with E-state index >= 15 is 0 Å². The topological polar surface area (TPSA) is 59.1 Å². The highest BCUT2D eigenvalue weighted by Crippen LogP contribution is 2.38. The van der Waals surface area contributed by atoms with Gasteiger partial charge in [0.15, 0.2) is 11.5 Å².